The third kappa shape index (κ3) is 6.46. The second-order valence-corrected chi connectivity index (χ2v) is 5.94. The smallest absolute Gasteiger partial charge is 0.744 e. The van der Waals surface area contributed by atoms with Crippen LogP contribution in [0.5, 0.6) is 5.75 Å². The van der Waals surface area contributed by atoms with E-state index in [4.69, 9.17) is 0 Å². The van der Waals surface area contributed by atoms with Gasteiger partial charge in [0, 0.05) is 5.56 Å². The van der Waals surface area contributed by atoms with E-state index < -0.39 is 32.3 Å². The molecule has 2 aromatic rings. The minimum atomic E-state index is -4.63. The molecule has 0 saturated carbocycles. The van der Waals surface area contributed by atoms with Crippen LogP contribution in [0.25, 0.3) is 0 Å². The van der Waals surface area contributed by atoms with Gasteiger partial charge in [0.05, 0.1) is 22.2 Å². The maximum absolute atomic E-state index is 11.1. The van der Waals surface area contributed by atoms with Crippen molar-refractivity contribution in [1.29, 1.82) is 0 Å². The van der Waals surface area contributed by atoms with Gasteiger partial charge in [0.25, 0.3) is 0 Å². The predicted molar refractivity (Wildman–Crippen MR) is 75.8 cm³/mol. The molecule has 11 heteroatoms. The molecule has 0 amide bonds. The Morgan fingerprint density at radius 1 is 1.04 bits per heavy atom. The number of hydrogen-bond acceptors (Lipinski definition) is 8. The maximum atomic E-state index is 11.1. The van der Waals surface area contributed by atoms with Gasteiger partial charge >= 0.3 is 59.1 Å². The Morgan fingerprint density at radius 2 is 1.56 bits per heavy atom. The van der Waals surface area contributed by atoms with Crippen molar-refractivity contribution >= 4 is 27.5 Å². The Bertz CT molecular complexity index is 916. The molecule has 2 aromatic carbocycles. The van der Waals surface area contributed by atoms with Crippen LogP contribution in [0.3, 0.4) is 0 Å². The number of carboxylic acid groups (broad SMARTS) is 1. The van der Waals surface area contributed by atoms with E-state index in [-0.39, 0.29) is 76.1 Å². The quantitative estimate of drug-likeness (QED) is 0.321. The molecule has 120 valence electrons. The molecule has 25 heavy (non-hydrogen) atoms. The van der Waals surface area contributed by atoms with Crippen molar-refractivity contribution in [1.82, 2.24) is 0 Å². The molecule has 0 radical (unpaired) electrons. The molecule has 8 nitrogen and oxygen atoms in total. The van der Waals surface area contributed by atoms with Crippen LogP contribution in [-0.4, -0.2) is 24.0 Å². The number of aryl methyl sites for hydroxylation is 1. The van der Waals surface area contributed by atoms with Crippen LogP contribution in [-0.2, 0) is 10.1 Å². The number of hydrogen-bond donors (Lipinski definition) is 1. The van der Waals surface area contributed by atoms with Gasteiger partial charge in [0.2, 0.25) is 0 Å². The SMILES string of the molecule is Cc1ccc(N=Nc2ccc(O)c(C(=O)[O-])c2)cc1S(=O)(=O)[O-].[Na+].[Na+]. The Balaban J connectivity index is 0.00000288. The van der Waals surface area contributed by atoms with E-state index in [1.165, 1.54) is 25.1 Å². The van der Waals surface area contributed by atoms with Crippen LogP contribution in [0, 0.1) is 6.92 Å². The molecule has 0 atom stereocenters. The first-order valence-corrected chi connectivity index (χ1v) is 7.62. The standard InChI is InChI=1S/C14H12N2O6S.2Na/c1-8-2-3-10(7-13(8)23(20,21)22)16-15-9-4-5-12(17)11(6-9)14(18)19;;/h2-7,17H,1H3,(H,18,19)(H,20,21,22);;/q;2*+1/p-2. The number of benzene rings is 2. The van der Waals surface area contributed by atoms with Crippen molar-refractivity contribution < 1.29 is 87.1 Å². The summed E-state index contributed by atoms with van der Waals surface area (Å²) in [5, 5.41) is 27.6. The van der Waals surface area contributed by atoms with E-state index in [9.17, 15) is 28.0 Å². The number of carbonyl (C=O) groups excluding carboxylic acids is 1. The Hall–Kier alpha value is -0.780. The van der Waals surface area contributed by atoms with E-state index in [0.717, 1.165) is 18.2 Å². The van der Waals surface area contributed by atoms with Crippen molar-refractivity contribution in [3.8, 4) is 5.75 Å². The zero-order valence-corrected chi connectivity index (χ0v) is 18.6. The molecule has 1 N–H and O–H groups in total. The number of carbonyl (C=O) groups is 1. The molecule has 0 heterocycles. The second-order valence-electron chi connectivity index (χ2n) is 4.59. The number of azo groups is 1. The molecule has 0 bridgehead atoms. The molecule has 0 saturated heterocycles. The Morgan fingerprint density at radius 3 is 2.08 bits per heavy atom. The van der Waals surface area contributed by atoms with Crippen LogP contribution in [0.15, 0.2) is 51.5 Å². The van der Waals surface area contributed by atoms with Crippen LogP contribution >= 0.6 is 0 Å². The first-order chi connectivity index (χ1) is 10.7. The van der Waals surface area contributed by atoms with Crippen LogP contribution in [0.1, 0.15) is 15.9 Å². The fraction of sp³-hybridized carbons (Fsp3) is 0.0714. The van der Waals surface area contributed by atoms with E-state index >= 15 is 0 Å². The van der Waals surface area contributed by atoms with E-state index in [1.807, 2.05) is 0 Å². The predicted octanol–water partition coefficient (Wildman–Crippen LogP) is -4.61. The summed E-state index contributed by atoms with van der Waals surface area (Å²) in [6, 6.07) is 7.40. The molecule has 0 unspecified atom stereocenters. The largest absolute Gasteiger partial charge is 1.00 e. The molecule has 0 fully saturated rings. The monoisotopic (exact) mass is 380 g/mol. The average Bonchev–Trinajstić information content (AvgIpc) is 2.46. The maximum Gasteiger partial charge on any atom is 1.00 e. The first kappa shape index (κ1) is 24.2. The van der Waals surface area contributed by atoms with Crippen molar-refractivity contribution in [3.05, 3.63) is 47.5 Å². The summed E-state index contributed by atoms with van der Waals surface area (Å²) in [4.78, 5) is 10.4. The van der Waals surface area contributed by atoms with Crippen LogP contribution < -0.4 is 64.2 Å². The van der Waals surface area contributed by atoms with Crippen molar-refractivity contribution in [2.45, 2.75) is 11.8 Å². The fourth-order valence-electron chi connectivity index (χ4n) is 1.79. The summed E-state index contributed by atoms with van der Waals surface area (Å²) in [5.41, 5.74) is 0.0400. The summed E-state index contributed by atoms with van der Waals surface area (Å²) in [6.45, 7) is 1.47. The number of nitrogens with zero attached hydrogens (tertiary/aromatic N) is 2. The molecular weight excluding hydrogens is 370 g/mol. The summed E-state index contributed by atoms with van der Waals surface area (Å²) >= 11 is 0. The summed E-state index contributed by atoms with van der Waals surface area (Å²) in [7, 11) is -4.63. The molecular formula is C14H10N2Na2O6S. The normalized spacial score (nSPS) is 10.8. The van der Waals surface area contributed by atoms with E-state index in [0.29, 0.717) is 0 Å². The number of aromatic carboxylic acids is 1. The van der Waals surface area contributed by atoms with Crippen LogP contribution in [0.4, 0.5) is 11.4 Å². The van der Waals surface area contributed by atoms with Gasteiger partial charge in [-0.3, -0.25) is 0 Å². The zero-order chi connectivity index (χ0) is 17.2. The minimum absolute atomic E-state index is 0. The Kier molecular flexibility index (Phi) is 9.48. The average molecular weight is 380 g/mol. The zero-order valence-electron chi connectivity index (χ0n) is 13.8. The molecule has 0 aliphatic heterocycles. The van der Waals surface area contributed by atoms with Gasteiger partial charge in [-0.1, -0.05) is 6.07 Å². The van der Waals surface area contributed by atoms with E-state index in [2.05, 4.69) is 10.2 Å². The molecule has 0 aromatic heterocycles. The topological polar surface area (TPSA) is 142 Å². The third-order valence-corrected chi connectivity index (χ3v) is 3.90. The van der Waals surface area contributed by atoms with Crippen molar-refractivity contribution in [3.63, 3.8) is 0 Å². The summed E-state index contributed by atoms with van der Waals surface area (Å²) < 4.78 is 33.3. The molecule has 0 spiro atoms. The van der Waals surface area contributed by atoms with Gasteiger partial charge in [0.15, 0.2) is 0 Å². The third-order valence-electron chi connectivity index (χ3n) is 2.92. The summed E-state index contributed by atoms with van der Waals surface area (Å²) in [6.07, 6.45) is 0. The molecule has 0 aliphatic carbocycles. The van der Waals surface area contributed by atoms with Gasteiger partial charge in [-0.15, -0.1) is 0 Å². The second kappa shape index (κ2) is 9.79. The number of phenols is 1. The fourth-order valence-corrected chi connectivity index (χ4v) is 2.51. The van der Waals surface area contributed by atoms with Gasteiger partial charge in [-0.2, -0.15) is 10.2 Å². The van der Waals surface area contributed by atoms with Gasteiger partial charge < -0.3 is 19.6 Å². The van der Waals surface area contributed by atoms with Crippen molar-refractivity contribution in [2.24, 2.45) is 10.2 Å². The van der Waals surface area contributed by atoms with Gasteiger partial charge in [-0.05, 0) is 42.8 Å². The van der Waals surface area contributed by atoms with Gasteiger partial charge in [0.1, 0.15) is 15.9 Å². The Labute approximate surface area is 188 Å². The number of aromatic hydroxyl groups is 1. The molecule has 0 aliphatic rings. The minimum Gasteiger partial charge on any atom is -0.744 e. The molecule has 2 rings (SSSR count). The van der Waals surface area contributed by atoms with Crippen molar-refractivity contribution in [2.75, 3.05) is 0 Å². The summed E-state index contributed by atoms with van der Waals surface area (Å²) in [5.74, 6) is -2.05. The van der Waals surface area contributed by atoms with Gasteiger partial charge in [-0.25, -0.2) is 8.42 Å². The van der Waals surface area contributed by atoms with Crippen LogP contribution in [0.2, 0.25) is 0 Å². The first-order valence-electron chi connectivity index (χ1n) is 6.21. The van der Waals surface area contributed by atoms with E-state index in [1.54, 1.807) is 0 Å². The number of carboxylic acids is 1. The number of rotatable bonds is 4.